The van der Waals surface area contributed by atoms with Crippen LogP contribution in [0, 0.1) is 5.92 Å². The Morgan fingerprint density at radius 3 is 2.23 bits per heavy atom. The molecule has 0 saturated heterocycles. The van der Waals surface area contributed by atoms with Gasteiger partial charge in [0.25, 0.3) is 0 Å². The van der Waals surface area contributed by atoms with Gasteiger partial charge in [0.05, 0.1) is 0 Å². The lowest BCUT2D eigenvalue weighted by atomic mass is 10.1. The van der Waals surface area contributed by atoms with Gasteiger partial charge in [-0.2, -0.15) is 0 Å². The fraction of sp³-hybridized carbons (Fsp3) is 0.636. The second-order valence-electron chi connectivity index (χ2n) is 3.47. The van der Waals surface area contributed by atoms with E-state index in [0.717, 1.165) is 32.6 Å². The summed E-state index contributed by atoms with van der Waals surface area (Å²) in [4.78, 5) is 2.31. The van der Waals surface area contributed by atoms with Crippen LogP contribution in [0.2, 0.25) is 0 Å². The molecule has 13 heavy (non-hydrogen) atoms. The van der Waals surface area contributed by atoms with Gasteiger partial charge in [-0.1, -0.05) is 19.1 Å². The summed E-state index contributed by atoms with van der Waals surface area (Å²) in [5, 5.41) is 0. The Bertz CT molecular complexity index is 133. The van der Waals surface area contributed by atoms with Gasteiger partial charge >= 0.3 is 0 Å². The Labute approximate surface area is 82.1 Å². The molecule has 0 amide bonds. The summed E-state index contributed by atoms with van der Waals surface area (Å²) in [6.07, 6.45) is 5.01. The van der Waals surface area contributed by atoms with Gasteiger partial charge in [0, 0.05) is 13.1 Å². The summed E-state index contributed by atoms with van der Waals surface area (Å²) >= 11 is 0. The van der Waals surface area contributed by atoms with Crippen LogP contribution in [-0.4, -0.2) is 31.1 Å². The van der Waals surface area contributed by atoms with Crippen molar-refractivity contribution in [1.29, 1.82) is 0 Å². The summed E-state index contributed by atoms with van der Waals surface area (Å²) in [6, 6.07) is 0. The van der Waals surface area contributed by atoms with Crippen molar-refractivity contribution in [3.8, 4) is 0 Å². The van der Waals surface area contributed by atoms with Gasteiger partial charge in [0.15, 0.2) is 0 Å². The molecular formula is C11H22N2. The fourth-order valence-electron chi connectivity index (χ4n) is 1.14. The first-order valence-corrected chi connectivity index (χ1v) is 4.88. The standard InChI is InChI=1S/C11H22N2/c1-4-7-13(8-5-2)9-6-11(3)10-12/h4-5,11H,1-2,6-10,12H2,3H3. The summed E-state index contributed by atoms with van der Waals surface area (Å²) in [5.74, 6) is 0.608. The molecule has 0 heterocycles. The molecule has 1 unspecified atom stereocenters. The number of nitrogens with zero attached hydrogens (tertiary/aromatic N) is 1. The van der Waals surface area contributed by atoms with Crippen molar-refractivity contribution in [3.63, 3.8) is 0 Å². The topological polar surface area (TPSA) is 29.3 Å². The van der Waals surface area contributed by atoms with Crippen LogP contribution in [0.15, 0.2) is 25.3 Å². The smallest absolute Gasteiger partial charge is 0.0163 e. The van der Waals surface area contributed by atoms with Gasteiger partial charge in [-0.05, 0) is 25.4 Å². The van der Waals surface area contributed by atoms with Crippen LogP contribution >= 0.6 is 0 Å². The molecule has 1 atom stereocenters. The largest absolute Gasteiger partial charge is 0.330 e. The average Bonchev–Trinajstić information content (AvgIpc) is 2.14. The lowest BCUT2D eigenvalue weighted by molar-refractivity contribution is 0.307. The predicted molar refractivity (Wildman–Crippen MR) is 59.7 cm³/mol. The summed E-state index contributed by atoms with van der Waals surface area (Å²) in [7, 11) is 0. The van der Waals surface area contributed by atoms with Gasteiger partial charge < -0.3 is 5.73 Å². The number of rotatable bonds is 8. The third-order valence-corrected chi connectivity index (χ3v) is 2.12. The Morgan fingerprint density at radius 1 is 1.31 bits per heavy atom. The van der Waals surface area contributed by atoms with Crippen LogP contribution in [0.1, 0.15) is 13.3 Å². The third kappa shape index (κ3) is 6.55. The van der Waals surface area contributed by atoms with Crippen LogP contribution in [0.5, 0.6) is 0 Å². The van der Waals surface area contributed by atoms with Crippen molar-refractivity contribution in [2.75, 3.05) is 26.2 Å². The number of hydrogen-bond acceptors (Lipinski definition) is 2. The molecule has 0 aromatic heterocycles. The van der Waals surface area contributed by atoms with E-state index in [0.29, 0.717) is 5.92 Å². The predicted octanol–water partition coefficient (Wildman–Crippen LogP) is 1.65. The highest BCUT2D eigenvalue weighted by Crippen LogP contribution is 2.01. The van der Waals surface area contributed by atoms with E-state index >= 15 is 0 Å². The van der Waals surface area contributed by atoms with E-state index in [1.165, 1.54) is 0 Å². The summed E-state index contributed by atoms with van der Waals surface area (Å²) in [6.45, 7) is 13.4. The zero-order chi connectivity index (χ0) is 10.1. The molecule has 2 heteroatoms. The minimum Gasteiger partial charge on any atom is -0.330 e. The van der Waals surface area contributed by atoms with Crippen molar-refractivity contribution in [3.05, 3.63) is 25.3 Å². The van der Waals surface area contributed by atoms with Gasteiger partial charge in [-0.15, -0.1) is 13.2 Å². The zero-order valence-electron chi connectivity index (χ0n) is 8.71. The Morgan fingerprint density at radius 2 is 1.85 bits per heavy atom. The van der Waals surface area contributed by atoms with E-state index in [1.54, 1.807) is 0 Å². The minimum absolute atomic E-state index is 0.608. The summed E-state index contributed by atoms with van der Waals surface area (Å²) in [5.41, 5.74) is 5.55. The molecule has 0 radical (unpaired) electrons. The molecule has 0 aliphatic carbocycles. The van der Waals surface area contributed by atoms with Crippen LogP contribution in [0.25, 0.3) is 0 Å². The van der Waals surface area contributed by atoms with Crippen LogP contribution < -0.4 is 5.73 Å². The van der Waals surface area contributed by atoms with Crippen molar-refractivity contribution >= 4 is 0 Å². The fourth-order valence-corrected chi connectivity index (χ4v) is 1.14. The van der Waals surface area contributed by atoms with Crippen LogP contribution in [0.3, 0.4) is 0 Å². The van der Waals surface area contributed by atoms with Crippen molar-refractivity contribution in [2.45, 2.75) is 13.3 Å². The quantitative estimate of drug-likeness (QED) is 0.578. The molecule has 0 bridgehead atoms. The van der Waals surface area contributed by atoms with E-state index in [-0.39, 0.29) is 0 Å². The van der Waals surface area contributed by atoms with E-state index in [9.17, 15) is 0 Å². The second kappa shape index (κ2) is 8.02. The van der Waals surface area contributed by atoms with Gasteiger partial charge in [0.1, 0.15) is 0 Å². The number of nitrogens with two attached hydrogens (primary N) is 1. The lowest BCUT2D eigenvalue weighted by Crippen LogP contribution is -2.27. The Kier molecular flexibility index (Phi) is 7.65. The maximum atomic E-state index is 5.55. The van der Waals surface area contributed by atoms with Crippen LogP contribution in [0.4, 0.5) is 0 Å². The molecule has 0 fully saturated rings. The minimum atomic E-state index is 0.608. The molecule has 0 aromatic rings. The molecule has 2 N–H and O–H groups in total. The SMILES string of the molecule is C=CCN(CC=C)CCC(C)CN. The van der Waals surface area contributed by atoms with Gasteiger partial charge in [0.2, 0.25) is 0 Å². The molecule has 0 spiro atoms. The highest BCUT2D eigenvalue weighted by atomic mass is 15.1. The first-order chi connectivity index (χ1) is 6.24. The van der Waals surface area contributed by atoms with Crippen molar-refractivity contribution in [1.82, 2.24) is 4.90 Å². The molecule has 0 aliphatic heterocycles. The maximum absolute atomic E-state index is 5.55. The Balaban J connectivity index is 3.66. The van der Waals surface area contributed by atoms with Crippen molar-refractivity contribution < 1.29 is 0 Å². The molecule has 0 aliphatic rings. The highest BCUT2D eigenvalue weighted by Gasteiger charge is 2.03. The summed E-state index contributed by atoms with van der Waals surface area (Å²) < 4.78 is 0. The number of hydrogen-bond donors (Lipinski definition) is 1. The van der Waals surface area contributed by atoms with E-state index in [2.05, 4.69) is 25.0 Å². The molecule has 0 aromatic carbocycles. The van der Waals surface area contributed by atoms with Gasteiger partial charge in [-0.3, -0.25) is 4.90 Å². The highest BCUT2D eigenvalue weighted by molar-refractivity contribution is 4.79. The monoisotopic (exact) mass is 182 g/mol. The first-order valence-electron chi connectivity index (χ1n) is 4.88. The third-order valence-electron chi connectivity index (χ3n) is 2.12. The van der Waals surface area contributed by atoms with Crippen LogP contribution in [-0.2, 0) is 0 Å². The first kappa shape index (κ1) is 12.4. The zero-order valence-corrected chi connectivity index (χ0v) is 8.71. The molecule has 0 rings (SSSR count). The van der Waals surface area contributed by atoms with E-state index in [4.69, 9.17) is 5.73 Å². The second-order valence-corrected chi connectivity index (χ2v) is 3.47. The molecule has 2 nitrogen and oxygen atoms in total. The molecule has 76 valence electrons. The normalized spacial score (nSPS) is 12.8. The van der Waals surface area contributed by atoms with Gasteiger partial charge in [-0.25, -0.2) is 0 Å². The van der Waals surface area contributed by atoms with E-state index < -0.39 is 0 Å². The van der Waals surface area contributed by atoms with E-state index in [1.807, 2.05) is 12.2 Å². The van der Waals surface area contributed by atoms with Crippen molar-refractivity contribution in [2.24, 2.45) is 11.7 Å². The molecular weight excluding hydrogens is 160 g/mol. The maximum Gasteiger partial charge on any atom is 0.0163 e. The average molecular weight is 182 g/mol. The molecule has 0 saturated carbocycles. The lowest BCUT2D eigenvalue weighted by Gasteiger charge is -2.20. The Hall–Kier alpha value is -0.600.